The number of nitriles is 1. The minimum Gasteiger partial charge on any atom is -0.481 e. The fourth-order valence-electron chi connectivity index (χ4n) is 2.63. The standard InChI is InChI=1S/C15H16N2O3/c1-10-13(15(19)20)6-8-17(10)14(18)12-4-2-3-11(9-12)5-7-16/h2-4,9-10,13H,5-6,8H2,1H3,(H,19,20). The highest BCUT2D eigenvalue weighted by atomic mass is 16.4. The predicted octanol–water partition coefficient (Wildman–Crippen LogP) is 1.69. The summed E-state index contributed by atoms with van der Waals surface area (Å²) in [6.45, 7) is 2.22. The van der Waals surface area contributed by atoms with Gasteiger partial charge >= 0.3 is 5.97 Å². The van der Waals surface area contributed by atoms with Gasteiger partial charge in [-0.3, -0.25) is 9.59 Å². The number of benzene rings is 1. The van der Waals surface area contributed by atoms with Crippen LogP contribution in [0.15, 0.2) is 24.3 Å². The Bertz CT molecular complexity index is 577. The largest absolute Gasteiger partial charge is 0.481 e. The first-order valence-corrected chi connectivity index (χ1v) is 6.54. The summed E-state index contributed by atoms with van der Waals surface area (Å²) in [5.74, 6) is -1.52. The SMILES string of the molecule is CC1C(C(=O)O)CCN1C(=O)c1cccc(CC#N)c1. The van der Waals surface area contributed by atoms with Crippen molar-refractivity contribution in [1.29, 1.82) is 5.26 Å². The van der Waals surface area contributed by atoms with Crippen molar-refractivity contribution in [2.45, 2.75) is 25.8 Å². The Morgan fingerprint density at radius 3 is 2.85 bits per heavy atom. The molecule has 1 aliphatic heterocycles. The number of nitrogens with zero attached hydrogens (tertiary/aromatic N) is 2. The lowest BCUT2D eigenvalue weighted by Gasteiger charge is -2.23. The number of aliphatic carboxylic acids is 1. The van der Waals surface area contributed by atoms with Crippen molar-refractivity contribution in [3.8, 4) is 6.07 Å². The van der Waals surface area contributed by atoms with Gasteiger partial charge < -0.3 is 10.0 Å². The Morgan fingerprint density at radius 2 is 2.25 bits per heavy atom. The molecule has 104 valence electrons. The number of carbonyl (C=O) groups excluding carboxylic acids is 1. The molecule has 20 heavy (non-hydrogen) atoms. The van der Waals surface area contributed by atoms with E-state index in [1.54, 1.807) is 36.1 Å². The monoisotopic (exact) mass is 272 g/mol. The Kier molecular flexibility index (Phi) is 4.04. The van der Waals surface area contributed by atoms with Gasteiger partial charge in [0.15, 0.2) is 0 Å². The molecule has 0 spiro atoms. The number of carboxylic acids is 1. The van der Waals surface area contributed by atoms with Gasteiger partial charge in [0.25, 0.3) is 5.91 Å². The number of rotatable bonds is 3. The molecule has 5 heteroatoms. The van der Waals surface area contributed by atoms with Gasteiger partial charge in [-0.25, -0.2) is 0 Å². The summed E-state index contributed by atoms with van der Waals surface area (Å²) in [5.41, 5.74) is 1.30. The van der Waals surface area contributed by atoms with Crippen LogP contribution < -0.4 is 0 Å². The van der Waals surface area contributed by atoms with Gasteiger partial charge in [0, 0.05) is 18.2 Å². The first-order valence-electron chi connectivity index (χ1n) is 6.54. The third-order valence-corrected chi connectivity index (χ3v) is 3.79. The van der Waals surface area contributed by atoms with Crippen molar-refractivity contribution in [3.63, 3.8) is 0 Å². The van der Waals surface area contributed by atoms with E-state index in [0.717, 1.165) is 5.56 Å². The van der Waals surface area contributed by atoms with Crippen LogP contribution in [-0.2, 0) is 11.2 Å². The highest BCUT2D eigenvalue weighted by molar-refractivity contribution is 5.95. The molecule has 1 fully saturated rings. The third kappa shape index (κ3) is 2.64. The van der Waals surface area contributed by atoms with E-state index < -0.39 is 11.9 Å². The van der Waals surface area contributed by atoms with Crippen molar-refractivity contribution in [1.82, 2.24) is 4.90 Å². The molecule has 2 unspecified atom stereocenters. The molecule has 1 aliphatic rings. The molecule has 0 bridgehead atoms. The summed E-state index contributed by atoms with van der Waals surface area (Å²) in [5, 5.41) is 17.8. The van der Waals surface area contributed by atoms with Gasteiger partial charge in [0.2, 0.25) is 0 Å². The fourth-order valence-corrected chi connectivity index (χ4v) is 2.63. The average Bonchev–Trinajstić information content (AvgIpc) is 2.80. The molecule has 0 aliphatic carbocycles. The number of carboxylic acid groups (broad SMARTS) is 1. The number of amides is 1. The van der Waals surface area contributed by atoms with E-state index in [1.165, 1.54) is 0 Å². The predicted molar refractivity (Wildman–Crippen MR) is 72.0 cm³/mol. The lowest BCUT2D eigenvalue weighted by atomic mass is 10.0. The zero-order valence-electron chi connectivity index (χ0n) is 11.2. The number of hydrogen-bond donors (Lipinski definition) is 1. The Hall–Kier alpha value is -2.35. The summed E-state index contributed by atoms with van der Waals surface area (Å²) >= 11 is 0. The van der Waals surface area contributed by atoms with Crippen LogP contribution in [0.25, 0.3) is 0 Å². The van der Waals surface area contributed by atoms with E-state index >= 15 is 0 Å². The van der Waals surface area contributed by atoms with Crippen LogP contribution in [0.3, 0.4) is 0 Å². The summed E-state index contributed by atoms with van der Waals surface area (Å²) in [7, 11) is 0. The van der Waals surface area contributed by atoms with Gasteiger partial charge in [0.05, 0.1) is 18.4 Å². The minimum absolute atomic E-state index is 0.166. The first kappa shape index (κ1) is 14.1. The van der Waals surface area contributed by atoms with Gasteiger partial charge in [-0.1, -0.05) is 12.1 Å². The van der Waals surface area contributed by atoms with E-state index in [1.807, 2.05) is 6.07 Å². The highest BCUT2D eigenvalue weighted by Gasteiger charge is 2.38. The summed E-state index contributed by atoms with van der Waals surface area (Å²) in [6.07, 6.45) is 0.745. The van der Waals surface area contributed by atoms with E-state index in [9.17, 15) is 9.59 Å². The Labute approximate surface area is 117 Å². The summed E-state index contributed by atoms with van der Waals surface area (Å²) < 4.78 is 0. The lowest BCUT2D eigenvalue weighted by molar-refractivity contribution is -0.142. The number of carbonyl (C=O) groups is 2. The molecule has 5 nitrogen and oxygen atoms in total. The Morgan fingerprint density at radius 1 is 1.50 bits per heavy atom. The summed E-state index contributed by atoms with van der Waals surface area (Å²) in [6, 6.07) is 8.69. The second-order valence-electron chi connectivity index (χ2n) is 5.01. The molecule has 1 aromatic carbocycles. The maximum Gasteiger partial charge on any atom is 0.308 e. The molecule has 1 saturated heterocycles. The molecular weight excluding hydrogens is 256 g/mol. The normalized spacial score (nSPS) is 21.5. The van der Waals surface area contributed by atoms with Crippen LogP contribution in [0.1, 0.15) is 29.3 Å². The van der Waals surface area contributed by atoms with Crippen molar-refractivity contribution >= 4 is 11.9 Å². The zero-order chi connectivity index (χ0) is 14.7. The first-order chi connectivity index (χ1) is 9.54. The van der Waals surface area contributed by atoms with Crippen LogP contribution in [-0.4, -0.2) is 34.5 Å². The van der Waals surface area contributed by atoms with Gasteiger partial charge in [-0.2, -0.15) is 5.26 Å². The number of hydrogen-bond acceptors (Lipinski definition) is 3. The van der Waals surface area contributed by atoms with Crippen LogP contribution in [0, 0.1) is 17.2 Å². The third-order valence-electron chi connectivity index (χ3n) is 3.79. The molecule has 1 aromatic rings. The van der Waals surface area contributed by atoms with Crippen LogP contribution in [0.4, 0.5) is 0 Å². The van der Waals surface area contributed by atoms with E-state index in [-0.39, 0.29) is 18.4 Å². The highest BCUT2D eigenvalue weighted by Crippen LogP contribution is 2.26. The van der Waals surface area contributed by atoms with Crippen molar-refractivity contribution in [2.75, 3.05) is 6.54 Å². The second kappa shape index (κ2) is 5.74. The Balaban J connectivity index is 2.18. The molecule has 1 N–H and O–H groups in total. The molecule has 0 radical (unpaired) electrons. The van der Waals surface area contributed by atoms with Crippen molar-refractivity contribution in [2.24, 2.45) is 5.92 Å². The molecule has 1 heterocycles. The van der Waals surface area contributed by atoms with Gasteiger partial charge in [0.1, 0.15) is 0 Å². The molecule has 1 amide bonds. The van der Waals surface area contributed by atoms with Crippen LogP contribution >= 0.6 is 0 Å². The topological polar surface area (TPSA) is 81.4 Å². The molecule has 2 atom stereocenters. The van der Waals surface area contributed by atoms with Crippen LogP contribution in [0.2, 0.25) is 0 Å². The van der Waals surface area contributed by atoms with Gasteiger partial charge in [-0.05, 0) is 31.0 Å². The second-order valence-corrected chi connectivity index (χ2v) is 5.01. The minimum atomic E-state index is -0.856. The van der Waals surface area contributed by atoms with Gasteiger partial charge in [-0.15, -0.1) is 0 Å². The smallest absolute Gasteiger partial charge is 0.308 e. The number of likely N-dealkylation sites (tertiary alicyclic amines) is 1. The molecule has 0 saturated carbocycles. The summed E-state index contributed by atoms with van der Waals surface area (Å²) in [4.78, 5) is 25.1. The molecule has 0 aromatic heterocycles. The lowest BCUT2D eigenvalue weighted by Crippen LogP contribution is -2.37. The van der Waals surface area contributed by atoms with Crippen molar-refractivity contribution in [3.05, 3.63) is 35.4 Å². The van der Waals surface area contributed by atoms with Crippen LogP contribution in [0.5, 0.6) is 0 Å². The van der Waals surface area contributed by atoms with E-state index in [0.29, 0.717) is 18.5 Å². The fraction of sp³-hybridized carbons (Fsp3) is 0.400. The molecular formula is C15H16N2O3. The maximum absolute atomic E-state index is 12.4. The quantitative estimate of drug-likeness (QED) is 0.907. The van der Waals surface area contributed by atoms with E-state index in [4.69, 9.17) is 10.4 Å². The maximum atomic E-state index is 12.4. The molecule has 2 rings (SSSR count). The average molecular weight is 272 g/mol. The van der Waals surface area contributed by atoms with E-state index in [2.05, 4.69) is 0 Å². The zero-order valence-corrected chi connectivity index (χ0v) is 11.2. The van der Waals surface area contributed by atoms with Crippen molar-refractivity contribution < 1.29 is 14.7 Å².